The van der Waals surface area contributed by atoms with Gasteiger partial charge in [0.1, 0.15) is 0 Å². The molecule has 0 rings (SSSR count). The molecule has 2 unspecified atom stereocenters. The summed E-state index contributed by atoms with van der Waals surface area (Å²) in [4.78, 5) is 24.6. The molecule has 2 atom stereocenters. The third-order valence-corrected chi connectivity index (χ3v) is 17.2. The van der Waals surface area contributed by atoms with E-state index in [9.17, 15) is 19.8 Å². The molecule has 6 nitrogen and oxygen atoms in total. The molecule has 0 radical (unpaired) electrons. The van der Waals surface area contributed by atoms with Gasteiger partial charge >= 0.3 is 5.97 Å². The van der Waals surface area contributed by atoms with Crippen LogP contribution in [0.25, 0.3) is 0 Å². The van der Waals surface area contributed by atoms with E-state index >= 15 is 0 Å². The van der Waals surface area contributed by atoms with Crippen LogP contribution in [0.3, 0.4) is 0 Å². The van der Waals surface area contributed by atoms with Crippen molar-refractivity contribution < 1.29 is 24.5 Å². The number of nitrogens with one attached hydrogen (secondary N) is 1. The number of carbonyl (C=O) groups is 2. The standard InChI is InChI=1S/C74H143NO5/c1-3-5-7-9-11-13-15-17-19-21-22-28-31-35-38-42-46-50-54-58-62-66-72(77)71(70-76)75-73(78)67-63-59-55-51-47-43-39-36-32-29-26-24-23-25-27-30-33-37-41-45-49-53-57-61-65-69-80-74(79)68-64-60-56-52-48-44-40-34-20-18-16-14-12-10-8-6-4-2/h18,20,24,26,71-72,76-77H,3-17,19,21-23,25,27-70H2,1-2H3,(H,75,78)/b20-18-,26-24-. The molecule has 1 amide bonds. The van der Waals surface area contributed by atoms with E-state index in [0.717, 1.165) is 44.9 Å². The van der Waals surface area contributed by atoms with Crippen molar-refractivity contribution in [1.82, 2.24) is 5.32 Å². The van der Waals surface area contributed by atoms with E-state index in [1.165, 1.54) is 334 Å². The van der Waals surface area contributed by atoms with Crippen LogP contribution in [0.4, 0.5) is 0 Å². The number of hydrogen-bond acceptors (Lipinski definition) is 5. The van der Waals surface area contributed by atoms with Crippen LogP contribution in [0, 0.1) is 0 Å². The lowest BCUT2D eigenvalue weighted by molar-refractivity contribution is -0.143. The van der Waals surface area contributed by atoms with Crippen molar-refractivity contribution in [2.45, 2.75) is 424 Å². The van der Waals surface area contributed by atoms with E-state index in [-0.39, 0.29) is 18.5 Å². The Bertz CT molecular complexity index is 1250. The summed E-state index contributed by atoms with van der Waals surface area (Å²) in [6.07, 6.45) is 88.0. The number of carbonyl (C=O) groups excluding carboxylic acids is 2. The van der Waals surface area contributed by atoms with Gasteiger partial charge in [0.15, 0.2) is 0 Å². The van der Waals surface area contributed by atoms with Gasteiger partial charge in [-0.3, -0.25) is 9.59 Å². The van der Waals surface area contributed by atoms with Crippen molar-refractivity contribution in [3.63, 3.8) is 0 Å². The Labute approximate surface area is 501 Å². The Kier molecular flexibility index (Phi) is 68.4. The van der Waals surface area contributed by atoms with Crippen molar-refractivity contribution in [3.8, 4) is 0 Å². The quantitative estimate of drug-likeness (QED) is 0.0320. The first-order valence-electron chi connectivity index (χ1n) is 36.6. The number of allylic oxidation sites excluding steroid dienone is 4. The smallest absolute Gasteiger partial charge is 0.305 e. The number of rotatable bonds is 69. The molecule has 0 aliphatic rings. The predicted molar refractivity (Wildman–Crippen MR) is 352 cm³/mol. The summed E-state index contributed by atoms with van der Waals surface area (Å²) in [5.74, 6) is -0.0224. The van der Waals surface area contributed by atoms with Gasteiger partial charge in [-0.1, -0.05) is 346 Å². The Morgan fingerprint density at radius 2 is 0.588 bits per heavy atom. The Morgan fingerprint density at radius 1 is 0.338 bits per heavy atom. The molecular weight excluding hydrogens is 983 g/mol. The Balaban J connectivity index is 3.39. The van der Waals surface area contributed by atoms with Crippen LogP contribution in [0.2, 0.25) is 0 Å². The second-order valence-corrected chi connectivity index (χ2v) is 25.3. The van der Waals surface area contributed by atoms with Gasteiger partial charge in [-0.05, 0) is 77.0 Å². The highest BCUT2D eigenvalue weighted by Crippen LogP contribution is 2.19. The van der Waals surface area contributed by atoms with Gasteiger partial charge in [-0.15, -0.1) is 0 Å². The van der Waals surface area contributed by atoms with Crippen molar-refractivity contribution in [3.05, 3.63) is 24.3 Å². The fourth-order valence-electron chi connectivity index (χ4n) is 11.6. The highest BCUT2D eigenvalue weighted by Gasteiger charge is 2.20. The van der Waals surface area contributed by atoms with Crippen LogP contribution < -0.4 is 5.32 Å². The number of aliphatic hydroxyl groups excluding tert-OH is 2. The number of ether oxygens (including phenoxy) is 1. The molecular formula is C74H143NO5. The summed E-state index contributed by atoms with van der Waals surface area (Å²) in [7, 11) is 0. The first kappa shape index (κ1) is 78.3. The van der Waals surface area contributed by atoms with Gasteiger partial charge < -0.3 is 20.3 Å². The summed E-state index contributed by atoms with van der Waals surface area (Å²) < 4.78 is 5.50. The minimum atomic E-state index is -0.667. The van der Waals surface area contributed by atoms with E-state index in [1.807, 2.05) is 0 Å². The molecule has 0 fully saturated rings. The fraction of sp³-hybridized carbons (Fsp3) is 0.919. The number of hydrogen-bond donors (Lipinski definition) is 3. The Morgan fingerprint density at radius 3 is 0.887 bits per heavy atom. The van der Waals surface area contributed by atoms with Crippen LogP contribution in [-0.2, 0) is 14.3 Å². The normalized spacial score (nSPS) is 12.6. The van der Waals surface area contributed by atoms with Gasteiger partial charge in [0.05, 0.1) is 25.4 Å². The predicted octanol–water partition coefficient (Wildman–Crippen LogP) is 23.7. The van der Waals surface area contributed by atoms with Crippen LogP contribution in [0.5, 0.6) is 0 Å². The minimum Gasteiger partial charge on any atom is -0.466 e. The summed E-state index contributed by atoms with van der Waals surface area (Å²) in [6, 6.07) is -0.545. The lowest BCUT2D eigenvalue weighted by atomic mass is 10.0. The summed E-state index contributed by atoms with van der Waals surface area (Å²) in [6.45, 7) is 4.99. The molecule has 0 saturated heterocycles. The van der Waals surface area contributed by atoms with Crippen molar-refractivity contribution in [2.75, 3.05) is 13.2 Å². The largest absolute Gasteiger partial charge is 0.466 e. The maximum atomic E-state index is 12.5. The lowest BCUT2D eigenvalue weighted by Gasteiger charge is -2.22. The maximum absolute atomic E-state index is 12.5. The topological polar surface area (TPSA) is 95.9 Å². The van der Waals surface area contributed by atoms with E-state index in [4.69, 9.17) is 4.74 Å². The average Bonchev–Trinajstić information content (AvgIpc) is 3.46. The molecule has 0 aromatic carbocycles. The third-order valence-electron chi connectivity index (χ3n) is 17.2. The van der Waals surface area contributed by atoms with Gasteiger partial charge in [-0.25, -0.2) is 0 Å². The van der Waals surface area contributed by atoms with E-state index in [0.29, 0.717) is 25.9 Å². The SMILES string of the molecule is CCCCCCCC/C=C\CCCCCCCCCC(=O)OCCCCCCCCCCCCCC/C=C\CCCCCCCCCCCC(=O)NC(CO)C(O)CCCCCCCCCCCCCCCCCCCCCCC. The number of aliphatic hydroxyl groups is 2. The molecule has 0 heterocycles. The highest BCUT2D eigenvalue weighted by atomic mass is 16.5. The first-order chi connectivity index (χ1) is 39.5. The average molecular weight is 1130 g/mol. The molecule has 0 aliphatic heterocycles. The zero-order valence-electron chi connectivity index (χ0n) is 54.3. The second kappa shape index (κ2) is 69.8. The number of esters is 1. The van der Waals surface area contributed by atoms with Gasteiger partial charge in [-0.2, -0.15) is 0 Å². The zero-order valence-corrected chi connectivity index (χ0v) is 54.3. The van der Waals surface area contributed by atoms with E-state index in [2.05, 4.69) is 43.5 Å². The number of unbranched alkanes of at least 4 members (excludes halogenated alkanes) is 54. The van der Waals surface area contributed by atoms with Crippen molar-refractivity contribution in [1.29, 1.82) is 0 Å². The molecule has 80 heavy (non-hydrogen) atoms. The monoisotopic (exact) mass is 1130 g/mol. The molecule has 0 aromatic rings. The van der Waals surface area contributed by atoms with Crippen LogP contribution in [0.1, 0.15) is 412 Å². The van der Waals surface area contributed by atoms with E-state index in [1.54, 1.807) is 0 Å². The third kappa shape index (κ3) is 65.5. The maximum Gasteiger partial charge on any atom is 0.305 e. The second-order valence-electron chi connectivity index (χ2n) is 25.3. The lowest BCUT2D eigenvalue weighted by Crippen LogP contribution is -2.45. The Hall–Kier alpha value is -1.66. The molecule has 0 bridgehead atoms. The summed E-state index contributed by atoms with van der Waals surface area (Å²) in [5.41, 5.74) is 0. The molecule has 0 saturated carbocycles. The molecule has 3 N–H and O–H groups in total. The summed E-state index contributed by atoms with van der Waals surface area (Å²) >= 11 is 0. The van der Waals surface area contributed by atoms with Gasteiger partial charge in [0.25, 0.3) is 0 Å². The summed E-state index contributed by atoms with van der Waals surface area (Å²) in [5, 5.41) is 23.4. The number of amides is 1. The highest BCUT2D eigenvalue weighted by molar-refractivity contribution is 5.76. The van der Waals surface area contributed by atoms with E-state index < -0.39 is 12.1 Å². The van der Waals surface area contributed by atoms with Crippen LogP contribution in [-0.4, -0.2) is 47.4 Å². The van der Waals surface area contributed by atoms with Crippen molar-refractivity contribution >= 4 is 11.9 Å². The molecule has 6 heteroatoms. The van der Waals surface area contributed by atoms with Crippen LogP contribution >= 0.6 is 0 Å². The zero-order chi connectivity index (χ0) is 57.8. The first-order valence-corrected chi connectivity index (χ1v) is 36.6. The van der Waals surface area contributed by atoms with Gasteiger partial charge in [0, 0.05) is 12.8 Å². The molecule has 0 aromatic heterocycles. The van der Waals surface area contributed by atoms with Gasteiger partial charge in [0.2, 0.25) is 5.91 Å². The van der Waals surface area contributed by atoms with Crippen molar-refractivity contribution in [2.24, 2.45) is 0 Å². The fourth-order valence-corrected chi connectivity index (χ4v) is 11.6. The molecule has 0 spiro atoms. The molecule has 0 aliphatic carbocycles. The molecule has 474 valence electrons. The minimum absolute atomic E-state index is 0.0111. The van der Waals surface area contributed by atoms with Crippen LogP contribution in [0.15, 0.2) is 24.3 Å².